The Kier molecular flexibility index (Phi) is 7.53. The number of amides is 3. The minimum absolute atomic E-state index is 0.205. The van der Waals surface area contributed by atoms with Crippen LogP contribution in [0.5, 0.6) is 5.75 Å². The van der Waals surface area contributed by atoms with Crippen LogP contribution in [0.25, 0.3) is 6.08 Å². The minimum Gasteiger partial charge on any atom is -0.489 e. The second-order valence-corrected chi connectivity index (χ2v) is 9.17. The van der Waals surface area contributed by atoms with Crippen molar-refractivity contribution in [2.75, 3.05) is 11.9 Å². The van der Waals surface area contributed by atoms with Gasteiger partial charge in [-0.15, -0.1) is 0 Å². The molecular weight excluding hydrogens is 491 g/mol. The number of imide groups is 1. The molecule has 0 spiro atoms. The number of ether oxygens (including phenoxy) is 1. The van der Waals surface area contributed by atoms with Crippen molar-refractivity contribution in [3.63, 3.8) is 0 Å². The number of aryl methyl sites for hydroxylation is 1. The van der Waals surface area contributed by atoms with Gasteiger partial charge in [-0.1, -0.05) is 41.9 Å². The number of hydrogen-bond acceptors (Lipinski definition) is 5. The molecule has 3 aromatic rings. The van der Waals surface area contributed by atoms with E-state index in [2.05, 4.69) is 5.32 Å². The van der Waals surface area contributed by atoms with Crippen molar-refractivity contribution in [2.45, 2.75) is 13.5 Å². The lowest BCUT2D eigenvalue weighted by Crippen LogP contribution is -2.36. The van der Waals surface area contributed by atoms with Gasteiger partial charge in [0.05, 0.1) is 4.91 Å². The van der Waals surface area contributed by atoms with Crippen LogP contribution < -0.4 is 10.1 Å². The monoisotopic (exact) mass is 510 g/mol. The Balaban J connectivity index is 1.39. The van der Waals surface area contributed by atoms with E-state index in [1.54, 1.807) is 60.7 Å². The van der Waals surface area contributed by atoms with Crippen LogP contribution >= 0.6 is 23.4 Å². The highest BCUT2D eigenvalue weighted by Gasteiger charge is 2.36. The van der Waals surface area contributed by atoms with Crippen molar-refractivity contribution in [2.24, 2.45) is 0 Å². The third-order valence-corrected chi connectivity index (χ3v) is 6.42. The summed E-state index contributed by atoms with van der Waals surface area (Å²) >= 11 is 6.84. The lowest BCUT2D eigenvalue weighted by atomic mass is 10.2. The third kappa shape index (κ3) is 6.29. The zero-order valence-corrected chi connectivity index (χ0v) is 20.2. The second-order valence-electron chi connectivity index (χ2n) is 7.77. The number of carbonyl (C=O) groups excluding carboxylic acids is 3. The van der Waals surface area contributed by atoms with Crippen LogP contribution in [0.1, 0.15) is 16.7 Å². The number of rotatable bonds is 7. The number of anilines is 1. The van der Waals surface area contributed by atoms with Gasteiger partial charge in [0.15, 0.2) is 0 Å². The molecule has 178 valence electrons. The summed E-state index contributed by atoms with van der Waals surface area (Å²) in [6.07, 6.45) is 1.58. The predicted octanol–water partition coefficient (Wildman–Crippen LogP) is 6.04. The molecule has 0 aromatic heterocycles. The van der Waals surface area contributed by atoms with E-state index in [4.69, 9.17) is 16.3 Å². The standard InChI is InChI=1S/C26H20ClFN2O4S/c1-16-5-10-20(13-22(16)27)29-24(31)14-30-25(32)23(35-26(30)33)12-18-3-2-4-21(11-18)34-15-17-6-8-19(28)9-7-17/h2-13H,14-15H2,1H3,(H,29,31)/b23-12+. The van der Waals surface area contributed by atoms with Crippen LogP contribution in [-0.4, -0.2) is 28.5 Å². The van der Waals surface area contributed by atoms with Crippen LogP contribution in [0.2, 0.25) is 5.02 Å². The molecule has 6 nitrogen and oxygen atoms in total. The number of halogens is 2. The van der Waals surface area contributed by atoms with Gasteiger partial charge in [0.25, 0.3) is 11.1 Å². The molecule has 0 radical (unpaired) electrons. The molecule has 0 aliphatic carbocycles. The first kappa shape index (κ1) is 24.5. The van der Waals surface area contributed by atoms with E-state index in [0.29, 0.717) is 22.0 Å². The van der Waals surface area contributed by atoms with Crippen molar-refractivity contribution >= 4 is 52.2 Å². The zero-order chi connectivity index (χ0) is 24.9. The molecule has 0 bridgehead atoms. The van der Waals surface area contributed by atoms with Crippen LogP contribution in [0.4, 0.5) is 14.9 Å². The highest BCUT2D eigenvalue weighted by atomic mass is 35.5. The summed E-state index contributed by atoms with van der Waals surface area (Å²) in [7, 11) is 0. The molecule has 0 unspecified atom stereocenters. The first-order valence-electron chi connectivity index (χ1n) is 10.6. The number of thioether (sulfide) groups is 1. The van der Waals surface area contributed by atoms with Crippen LogP contribution in [0, 0.1) is 12.7 Å². The summed E-state index contributed by atoms with van der Waals surface area (Å²) in [5.41, 5.74) is 2.81. The average molecular weight is 511 g/mol. The van der Waals surface area contributed by atoms with E-state index in [9.17, 15) is 18.8 Å². The normalized spacial score (nSPS) is 14.5. The van der Waals surface area contributed by atoms with Crippen LogP contribution in [-0.2, 0) is 16.2 Å². The fourth-order valence-corrected chi connectivity index (χ4v) is 4.26. The largest absolute Gasteiger partial charge is 0.489 e. The molecule has 9 heteroatoms. The Morgan fingerprint density at radius 3 is 2.63 bits per heavy atom. The van der Waals surface area contributed by atoms with E-state index >= 15 is 0 Å². The third-order valence-electron chi connectivity index (χ3n) is 5.11. The van der Waals surface area contributed by atoms with E-state index < -0.39 is 23.6 Å². The van der Waals surface area contributed by atoms with E-state index in [0.717, 1.165) is 27.8 Å². The summed E-state index contributed by atoms with van der Waals surface area (Å²) in [5.74, 6) is -0.820. The smallest absolute Gasteiger partial charge is 0.294 e. The maximum atomic E-state index is 13.0. The fraction of sp³-hybridized carbons (Fsp3) is 0.115. The molecule has 0 saturated carbocycles. The molecule has 1 aliphatic heterocycles. The first-order valence-corrected chi connectivity index (χ1v) is 11.8. The van der Waals surface area contributed by atoms with Gasteiger partial charge < -0.3 is 10.1 Å². The number of carbonyl (C=O) groups is 3. The van der Waals surface area contributed by atoms with Gasteiger partial charge in [0.2, 0.25) is 5.91 Å². The van der Waals surface area contributed by atoms with Gasteiger partial charge in [0.1, 0.15) is 24.7 Å². The molecule has 0 atom stereocenters. The Morgan fingerprint density at radius 1 is 1.11 bits per heavy atom. The van der Waals surface area contributed by atoms with Crippen LogP contribution in [0.3, 0.4) is 0 Å². The second kappa shape index (κ2) is 10.8. The average Bonchev–Trinajstić information content (AvgIpc) is 3.08. The quantitative estimate of drug-likeness (QED) is 0.392. The predicted molar refractivity (Wildman–Crippen MR) is 135 cm³/mol. The van der Waals surface area contributed by atoms with Gasteiger partial charge in [-0.05, 0) is 77.9 Å². The maximum Gasteiger partial charge on any atom is 0.294 e. The molecule has 1 aliphatic rings. The highest BCUT2D eigenvalue weighted by molar-refractivity contribution is 8.18. The number of benzene rings is 3. The topological polar surface area (TPSA) is 75.7 Å². The van der Waals surface area contributed by atoms with Gasteiger partial charge in [-0.25, -0.2) is 4.39 Å². The van der Waals surface area contributed by atoms with Gasteiger partial charge in [-0.2, -0.15) is 0 Å². The zero-order valence-electron chi connectivity index (χ0n) is 18.6. The molecular formula is C26H20ClFN2O4S. The number of hydrogen-bond donors (Lipinski definition) is 1. The van der Waals surface area contributed by atoms with Gasteiger partial charge in [-0.3, -0.25) is 19.3 Å². The Labute approximate surface area is 210 Å². The molecule has 3 aromatic carbocycles. The minimum atomic E-state index is -0.547. The lowest BCUT2D eigenvalue weighted by molar-refractivity contribution is -0.127. The summed E-state index contributed by atoms with van der Waals surface area (Å²) in [5, 5.41) is 2.62. The van der Waals surface area contributed by atoms with Gasteiger partial charge >= 0.3 is 0 Å². The molecule has 1 N–H and O–H groups in total. The Morgan fingerprint density at radius 2 is 1.89 bits per heavy atom. The van der Waals surface area contributed by atoms with Crippen molar-refractivity contribution in [3.8, 4) is 5.75 Å². The number of nitrogens with one attached hydrogen (secondary N) is 1. The molecule has 4 rings (SSSR count). The lowest BCUT2D eigenvalue weighted by Gasteiger charge is -2.13. The van der Waals surface area contributed by atoms with E-state index in [-0.39, 0.29) is 17.3 Å². The molecule has 35 heavy (non-hydrogen) atoms. The molecule has 3 amide bonds. The van der Waals surface area contributed by atoms with Gasteiger partial charge in [0, 0.05) is 10.7 Å². The first-order chi connectivity index (χ1) is 16.8. The maximum absolute atomic E-state index is 13.0. The van der Waals surface area contributed by atoms with E-state index in [1.165, 1.54) is 12.1 Å². The van der Waals surface area contributed by atoms with Crippen molar-refractivity contribution in [1.82, 2.24) is 4.90 Å². The van der Waals surface area contributed by atoms with Crippen molar-refractivity contribution < 1.29 is 23.5 Å². The van der Waals surface area contributed by atoms with Crippen LogP contribution in [0.15, 0.2) is 71.6 Å². The Hall–Kier alpha value is -3.62. The van der Waals surface area contributed by atoms with E-state index in [1.807, 2.05) is 6.92 Å². The fourth-order valence-electron chi connectivity index (χ4n) is 3.24. The summed E-state index contributed by atoms with van der Waals surface area (Å²) < 4.78 is 18.8. The highest BCUT2D eigenvalue weighted by Crippen LogP contribution is 2.32. The summed E-state index contributed by atoms with van der Waals surface area (Å²) in [6, 6.07) is 18.1. The summed E-state index contributed by atoms with van der Waals surface area (Å²) in [6.45, 7) is 1.68. The van der Waals surface area contributed by atoms with Crippen molar-refractivity contribution in [1.29, 1.82) is 0 Å². The molecule has 1 heterocycles. The van der Waals surface area contributed by atoms with Crippen molar-refractivity contribution in [3.05, 3.63) is 99.2 Å². The Bertz CT molecular complexity index is 1330. The number of nitrogens with zero attached hydrogens (tertiary/aromatic N) is 1. The SMILES string of the molecule is Cc1ccc(NC(=O)CN2C(=O)S/C(=C/c3cccc(OCc4ccc(F)cc4)c3)C2=O)cc1Cl. The molecule has 1 fully saturated rings. The summed E-state index contributed by atoms with van der Waals surface area (Å²) in [4.78, 5) is 38.7. The molecule has 1 saturated heterocycles.